The normalized spacial score (nSPS) is 17.9. The van der Waals surface area contributed by atoms with Gasteiger partial charge in [0.1, 0.15) is 0 Å². The lowest BCUT2D eigenvalue weighted by Crippen LogP contribution is -2.33. The number of fused-ring (bicyclic) bond motifs is 1. The van der Waals surface area contributed by atoms with Gasteiger partial charge in [-0.1, -0.05) is 25.4 Å². The molecule has 4 heteroatoms. The molecule has 0 saturated carbocycles. The fourth-order valence-electron chi connectivity index (χ4n) is 2.19. The van der Waals surface area contributed by atoms with Crippen LogP contribution in [0.5, 0.6) is 0 Å². The highest BCUT2D eigenvalue weighted by Crippen LogP contribution is 2.43. The second-order valence-corrected chi connectivity index (χ2v) is 5.31. The first-order chi connectivity index (χ1) is 7.33. The van der Waals surface area contributed by atoms with Crippen LogP contribution in [0.25, 0.3) is 0 Å². The van der Waals surface area contributed by atoms with Crippen LogP contribution >= 0.6 is 11.6 Å². The second-order valence-electron chi connectivity index (χ2n) is 4.94. The van der Waals surface area contributed by atoms with Crippen LogP contribution in [-0.2, 0) is 10.2 Å². The molecular weight excluding hydrogens is 224 g/mol. The summed E-state index contributed by atoms with van der Waals surface area (Å²) in [6, 6.07) is 1.87. The third kappa shape index (κ3) is 1.55. The standard InChI is InChI=1S/C12H15ClN2O/c1-6-10(13)8(14)4-7-11(6)15-9(16)5-12(7,2)3/h4H,5,14H2,1-3H3,(H,15,16). The number of carbonyl (C=O) groups is 1. The molecule has 0 bridgehead atoms. The van der Waals surface area contributed by atoms with Gasteiger partial charge < -0.3 is 11.1 Å². The Kier molecular flexibility index (Phi) is 2.39. The lowest BCUT2D eigenvalue weighted by atomic mass is 9.77. The molecule has 0 aromatic heterocycles. The lowest BCUT2D eigenvalue weighted by molar-refractivity contribution is -0.117. The fourth-order valence-corrected chi connectivity index (χ4v) is 2.34. The van der Waals surface area contributed by atoms with Crippen LogP contribution in [0, 0.1) is 6.92 Å². The number of rotatable bonds is 0. The summed E-state index contributed by atoms with van der Waals surface area (Å²) in [7, 11) is 0. The molecule has 1 amide bonds. The zero-order valence-electron chi connectivity index (χ0n) is 9.65. The maximum absolute atomic E-state index is 11.6. The van der Waals surface area contributed by atoms with Crippen molar-refractivity contribution in [2.24, 2.45) is 0 Å². The molecule has 0 aliphatic carbocycles. The van der Waals surface area contributed by atoms with Crippen molar-refractivity contribution in [1.29, 1.82) is 0 Å². The van der Waals surface area contributed by atoms with Gasteiger partial charge in [0.05, 0.1) is 10.7 Å². The van der Waals surface area contributed by atoms with Crippen LogP contribution in [0.3, 0.4) is 0 Å². The van der Waals surface area contributed by atoms with Crippen LogP contribution in [-0.4, -0.2) is 5.91 Å². The van der Waals surface area contributed by atoms with E-state index in [-0.39, 0.29) is 11.3 Å². The number of hydrogen-bond donors (Lipinski definition) is 2. The van der Waals surface area contributed by atoms with Gasteiger partial charge >= 0.3 is 0 Å². The lowest BCUT2D eigenvalue weighted by Gasteiger charge is -2.33. The minimum atomic E-state index is -0.193. The number of anilines is 2. The highest BCUT2D eigenvalue weighted by molar-refractivity contribution is 6.34. The number of amides is 1. The molecule has 16 heavy (non-hydrogen) atoms. The molecule has 1 aliphatic rings. The third-order valence-corrected chi connectivity index (χ3v) is 3.62. The number of halogens is 1. The van der Waals surface area contributed by atoms with E-state index in [1.165, 1.54) is 0 Å². The first-order valence-corrected chi connectivity index (χ1v) is 5.59. The van der Waals surface area contributed by atoms with Crippen LogP contribution in [0.1, 0.15) is 31.4 Å². The number of hydrogen-bond acceptors (Lipinski definition) is 2. The van der Waals surface area contributed by atoms with Crippen molar-refractivity contribution in [3.05, 3.63) is 22.2 Å². The number of benzene rings is 1. The van der Waals surface area contributed by atoms with E-state index in [1.807, 2.05) is 26.8 Å². The molecule has 2 rings (SSSR count). The highest BCUT2D eigenvalue weighted by atomic mass is 35.5. The minimum absolute atomic E-state index is 0.0291. The van der Waals surface area contributed by atoms with E-state index >= 15 is 0 Å². The van der Waals surface area contributed by atoms with Crippen molar-refractivity contribution < 1.29 is 4.79 Å². The van der Waals surface area contributed by atoms with Crippen LogP contribution < -0.4 is 11.1 Å². The summed E-state index contributed by atoms with van der Waals surface area (Å²) in [4.78, 5) is 11.6. The molecule has 1 heterocycles. The summed E-state index contributed by atoms with van der Waals surface area (Å²) < 4.78 is 0. The molecule has 3 N–H and O–H groups in total. The first kappa shape index (κ1) is 11.3. The van der Waals surface area contributed by atoms with Crippen molar-refractivity contribution in [3.63, 3.8) is 0 Å². The monoisotopic (exact) mass is 238 g/mol. The van der Waals surface area contributed by atoms with E-state index in [0.29, 0.717) is 17.1 Å². The molecule has 86 valence electrons. The summed E-state index contributed by atoms with van der Waals surface area (Å²) in [6.07, 6.45) is 0.473. The van der Waals surface area contributed by atoms with E-state index in [2.05, 4.69) is 5.32 Å². The fraction of sp³-hybridized carbons (Fsp3) is 0.417. The van der Waals surface area contributed by atoms with Gasteiger partial charge in [0.15, 0.2) is 0 Å². The minimum Gasteiger partial charge on any atom is -0.398 e. The first-order valence-electron chi connectivity index (χ1n) is 5.22. The Morgan fingerprint density at radius 2 is 2.12 bits per heavy atom. The van der Waals surface area contributed by atoms with Crippen LogP contribution in [0.2, 0.25) is 5.02 Å². The largest absolute Gasteiger partial charge is 0.398 e. The molecule has 3 nitrogen and oxygen atoms in total. The van der Waals surface area contributed by atoms with Crippen molar-refractivity contribution in [2.75, 3.05) is 11.1 Å². The quantitative estimate of drug-likeness (QED) is 0.683. The molecule has 0 radical (unpaired) electrons. The smallest absolute Gasteiger partial charge is 0.225 e. The van der Waals surface area contributed by atoms with Gasteiger partial charge in [-0.2, -0.15) is 0 Å². The maximum Gasteiger partial charge on any atom is 0.225 e. The van der Waals surface area contributed by atoms with Crippen molar-refractivity contribution >= 4 is 28.9 Å². The molecule has 0 unspecified atom stereocenters. The van der Waals surface area contributed by atoms with Gasteiger partial charge in [0.25, 0.3) is 0 Å². The maximum atomic E-state index is 11.6. The van der Waals surface area contributed by atoms with E-state index in [9.17, 15) is 4.79 Å². The molecule has 0 atom stereocenters. The van der Waals surface area contributed by atoms with E-state index in [1.54, 1.807) is 0 Å². The predicted molar refractivity (Wildman–Crippen MR) is 66.9 cm³/mol. The molecular formula is C12H15ClN2O. The molecule has 1 aliphatic heterocycles. The summed E-state index contributed by atoms with van der Waals surface area (Å²) >= 11 is 6.08. The topological polar surface area (TPSA) is 55.1 Å². The Balaban J connectivity index is 2.73. The number of nitrogen functional groups attached to an aromatic ring is 1. The van der Waals surface area contributed by atoms with Gasteiger partial charge in [0.2, 0.25) is 5.91 Å². The molecule has 0 spiro atoms. The van der Waals surface area contributed by atoms with Gasteiger partial charge in [-0.3, -0.25) is 4.79 Å². The zero-order chi connectivity index (χ0) is 12.1. The molecule has 0 fully saturated rings. The average Bonchev–Trinajstić information content (AvgIpc) is 2.16. The van der Waals surface area contributed by atoms with Gasteiger partial charge in [-0.15, -0.1) is 0 Å². The SMILES string of the molecule is Cc1c(Cl)c(N)cc2c1NC(=O)CC2(C)C. The van der Waals surface area contributed by atoms with E-state index in [0.717, 1.165) is 16.8 Å². The van der Waals surface area contributed by atoms with Gasteiger partial charge in [-0.05, 0) is 24.1 Å². The third-order valence-electron chi connectivity index (χ3n) is 3.12. The summed E-state index contributed by atoms with van der Waals surface area (Å²) in [5.74, 6) is 0.0291. The zero-order valence-corrected chi connectivity index (χ0v) is 10.4. The predicted octanol–water partition coefficient (Wildman–Crippen LogP) is 2.85. The Labute approximate surface area is 100.0 Å². The van der Waals surface area contributed by atoms with Crippen LogP contribution in [0.15, 0.2) is 6.07 Å². The van der Waals surface area contributed by atoms with Crippen molar-refractivity contribution in [1.82, 2.24) is 0 Å². The van der Waals surface area contributed by atoms with E-state index in [4.69, 9.17) is 17.3 Å². The molecule has 1 aromatic carbocycles. The Hall–Kier alpha value is -1.22. The average molecular weight is 239 g/mol. The van der Waals surface area contributed by atoms with Crippen molar-refractivity contribution in [2.45, 2.75) is 32.6 Å². The second kappa shape index (κ2) is 3.39. The molecule has 1 aromatic rings. The number of nitrogens with one attached hydrogen (secondary N) is 1. The van der Waals surface area contributed by atoms with Gasteiger partial charge in [0, 0.05) is 17.5 Å². The summed E-state index contributed by atoms with van der Waals surface area (Å²) in [6.45, 7) is 5.95. The van der Waals surface area contributed by atoms with Crippen molar-refractivity contribution in [3.8, 4) is 0 Å². The van der Waals surface area contributed by atoms with E-state index < -0.39 is 0 Å². The highest BCUT2D eigenvalue weighted by Gasteiger charge is 2.33. The Morgan fingerprint density at radius 3 is 2.75 bits per heavy atom. The Bertz CT molecular complexity index is 480. The van der Waals surface area contributed by atoms with Gasteiger partial charge in [-0.25, -0.2) is 0 Å². The summed E-state index contributed by atoms with van der Waals surface area (Å²) in [5, 5.41) is 3.40. The van der Waals surface area contributed by atoms with Crippen LogP contribution in [0.4, 0.5) is 11.4 Å². The Morgan fingerprint density at radius 1 is 1.50 bits per heavy atom. The molecule has 0 saturated heterocycles. The summed E-state index contributed by atoms with van der Waals surface area (Å²) in [5.41, 5.74) is 8.96. The number of nitrogens with two attached hydrogens (primary N) is 1. The number of carbonyl (C=O) groups excluding carboxylic acids is 1.